The molecule has 0 radical (unpaired) electrons. The molecule has 0 rings (SSSR count). The highest BCUT2D eigenvalue weighted by Gasteiger charge is 2.21. The maximum absolute atomic E-state index is 10.2. The summed E-state index contributed by atoms with van der Waals surface area (Å²) in [6.07, 6.45) is 0.875. The fourth-order valence-electron chi connectivity index (χ4n) is 0.528. The first-order chi connectivity index (χ1) is 4.09. The van der Waals surface area contributed by atoms with Crippen LogP contribution in [0.2, 0.25) is 0 Å². The average molecular weight is 132 g/mol. The van der Waals surface area contributed by atoms with E-state index in [9.17, 15) is 4.79 Å². The number of rotatable bonds is 3. The highest BCUT2D eigenvalue weighted by Crippen LogP contribution is 2.02. The lowest BCUT2D eigenvalue weighted by atomic mass is 10.0. The van der Waals surface area contributed by atoms with Crippen molar-refractivity contribution >= 4 is 5.97 Å². The van der Waals surface area contributed by atoms with Gasteiger partial charge in [0.05, 0.1) is 0 Å². The molecule has 0 aromatic heterocycles. The maximum Gasteiger partial charge on any atom is 0.362 e. The summed E-state index contributed by atoms with van der Waals surface area (Å²) < 4.78 is 0. The summed E-state index contributed by atoms with van der Waals surface area (Å²) in [5.41, 5.74) is 3.51. The third-order valence-electron chi connectivity index (χ3n) is 1.65. The second-order valence-corrected chi connectivity index (χ2v) is 2.33. The molecule has 0 saturated heterocycles. The van der Waals surface area contributed by atoms with Gasteiger partial charge in [0.15, 0.2) is 6.04 Å². The number of carboxylic acids is 1. The van der Waals surface area contributed by atoms with Gasteiger partial charge in [-0.15, -0.1) is 0 Å². The van der Waals surface area contributed by atoms with Crippen molar-refractivity contribution in [3.8, 4) is 0 Å². The van der Waals surface area contributed by atoms with Gasteiger partial charge >= 0.3 is 5.97 Å². The van der Waals surface area contributed by atoms with Crippen LogP contribution in [0.4, 0.5) is 0 Å². The zero-order valence-electron chi connectivity index (χ0n) is 5.92. The molecule has 0 amide bonds. The van der Waals surface area contributed by atoms with Crippen LogP contribution in [0.3, 0.4) is 0 Å². The van der Waals surface area contributed by atoms with Gasteiger partial charge < -0.3 is 10.8 Å². The summed E-state index contributed by atoms with van der Waals surface area (Å²) in [4.78, 5) is 10.2. The lowest BCUT2D eigenvalue weighted by molar-refractivity contribution is -0.419. The third kappa shape index (κ3) is 2.46. The lowest BCUT2D eigenvalue weighted by Crippen LogP contribution is -2.67. The van der Waals surface area contributed by atoms with Gasteiger partial charge in [0, 0.05) is 5.92 Å². The number of hydrogen-bond acceptors (Lipinski definition) is 1. The summed E-state index contributed by atoms with van der Waals surface area (Å²) in [6.45, 7) is 3.86. The van der Waals surface area contributed by atoms with Gasteiger partial charge in [-0.05, 0) is 6.42 Å². The van der Waals surface area contributed by atoms with E-state index in [1.807, 2.05) is 13.8 Å². The number of aliphatic carboxylic acids is 1. The lowest BCUT2D eigenvalue weighted by Gasteiger charge is -2.08. The van der Waals surface area contributed by atoms with E-state index in [1.54, 1.807) is 0 Å². The Bertz CT molecular complexity index is 103. The molecule has 0 aromatic rings. The van der Waals surface area contributed by atoms with E-state index in [0.29, 0.717) is 0 Å². The standard InChI is InChI=1S/C6H13NO2/c1-3-4(2)5(7)6(8)9/h4-5H,3,7H2,1-2H3,(H,8,9)/p+1. The molecule has 3 heteroatoms. The van der Waals surface area contributed by atoms with Crippen LogP contribution in [0.1, 0.15) is 20.3 Å². The molecule has 0 heterocycles. The molecule has 9 heavy (non-hydrogen) atoms. The van der Waals surface area contributed by atoms with Crippen LogP contribution >= 0.6 is 0 Å². The van der Waals surface area contributed by atoms with Crippen molar-refractivity contribution in [3.05, 3.63) is 0 Å². The zero-order valence-corrected chi connectivity index (χ0v) is 5.92. The van der Waals surface area contributed by atoms with Crippen LogP contribution < -0.4 is 5.73 Å². The molecule has 4 N–H and O–H groups in total. The van der Waals surface area contributed by atoms with E-state index in [2.05, 4.69) is 5.73 Å². The van der Waals surface area contributed by atoms with Crippen molar-refractivity contribution in [1.82, 2.24) is 0 Å². The summed E-state index contributed by atoms with van der Waals surface area (Å²) in [5.74, 6) is -0.619. The molecular formula is C6H14NO2+. The Morgan fingerprint density at radius 2 is 2.22 bits per heavy atom. The SMILES string of the molecule is CCC(C)C([NH3+])C(=O)O. The Morgan fingerprint density at radius 3 is 2.33 bits per heavy atom. The van der Waals surface area contributed by atoms with E-state index < -0.39 is 12.0 Å². The number of hydrogen-bond donors (Lipinski definition) is 2. The molecule has 54 valence electrons. The quantitative estimate of drug-likeness (QED) is 0.555. The summed E-state index contributed by atoms with van der Waals surface area (Å²) >= 11 is 0. The van der Waals surface area contributed by atoms with E-state index in [-0.39, 0.29) is 5.92 Å². The van der Waals surface area contributed by atoms with Crippen LogP contribution in [0.5, 0.6) is 0 Å². The smallest absolute Gasteiger partial charge is 0.362 e. The number of carboxylic acid groups (broad SMARTS) is 1. The Kier molecular flexibility index (Phi) is 3.24. The van der Waals surface area contributed by atoms with E-state index in [1.165, 1.54) is 0 Å². The van der Waals surface area contributed by atoms with E-state index in [0.717, 1.165) is 6.42 Å². The first-order valence-electron chi connectivity index (χ1n) is 3.15. The summed E-state index contributed by atoms with van der Waals surface area (Å²) in [5, 5.41) is 8.42. The fourth-order valence-corrected chi connectivity index (χ4v) is 0.528. The molecule has 3 nitrogen and oxygen atoms in total. The Balaban J connectivity index is 3.72. The zero-order chi connectivity index (χ0) is 7.44. The van der Waals surface area contributed by atoms with Gasteiger partial charge in [-0.25, -0.2) is 4.79 Å². The predicted molar refractivity (Wildman–Crippen MR) is 33.8 cm³/mol. The Hall–Kier alpha value is -0.570. The van der Waals surface area contributed by atoms with Crippen LogP contribution in [-0.2, 0) is 4.79 Å². The topological polar surface area (TPSA) is 64.9 Å². The minimum Gasteiger partial charge on any atom is -0.477 e. The normalized spacial score (nSPS) is 16.8. The average Bonchev–Trinajstić information content (AvgIpc) is 1.84. The van der Waals surface area contributed by atoms with Crippen molar-refractivity contribution in [1.29, 1.82) is 0 Å². The molecule has 0 spiro atoms. The predicted octanol–water partition coefficient (Wildman–Crippen LogP) is -0.272. The van der Waals surface area contributed by atoms with Gasteiger partial charge in [-0.2, -0.15) is 0 Å². The minimum atomic E-state index is -0.802. The number of carbonyl (C=O) groups is 1. The molecule has 2 atom stereocenters. The Labute approximate surface area is 54.9 Å². The van der Waals surface area contributed by atoms with Crippen LogP contribution in [0.25, 0.3) is 0 Å². The monoisotopic (exact) mass is 132 g/mol. The molecular weight excluding hydrogens is 118 g/mol. The molecule has 0 saturated carbocycles. The molecule has 0 aliphatic carbocycles. The van der Waals surface area contributed by atoms with Gasteiger partial charge in [0.2, 0.25) is 0 Å². The van der Waals surface area contributed by atoms with Crippen molar-refractivity contribution in [3.63, 3.8) is 0 Å². The number of quaternary nitrogens is 1. The van der Waals surface area contributed by atoms with Gasteiger partial charge in [-0.3, -0.25) is 0 Å². The van der Waals surface area contributed by atoms with Crippen LogP contribution in [0.15, 0.2) is 0 Å². The molecule has 0 aliphatic rings. The summed E-state index contributed by atoms with van der Waals surface area (Å²) in [6, 6.07) is -0.449. The van der Waals surface area contributed by atoms with Crippen molar-refractivity contribution in [2.75, 3.05) is 0 Å². The first kappa shape index (κ1) is 8.43. The van der Waals surface area contributed by atoms with Crippen molar-refractivity contribution in [2.24, 2.45) is 5.92 Å². The molecule has 0 aliphatic heterocycles. The summed E-state index contributed by atoms with van der Waals surface area (Å²) in [7, 11) is 0. The second-order valence-electron chi connectivity index (χ2n) is 2.33. The van der Waals surface area contributed by atoms with E-state index >= 15 is 0 Å². The molecule has 0 fully saturated rings. The minimum absolute atomic E-state index is 0.183. The fraction of sp³-hybridized carbons (Fsp3) is 0.833. The van der Waals surface area contributed by atoms with Crippen LogP contribution in [0, 0.1) is 5.92 Å². The molecule has 2 unspecified atom stereocenters. The van der Waals surface area contributed by atoms with E-state index in [4.69, 9.17) is 5.11 Å². The largest absolute Gasteiger partial charge is 0.477 e. The van der Waals surface area contributed by atoms with Crippen molar-refractivity contribution < 1.29 is 15.6 Å². The molecule has 0 aromatic carbocycles. The second kappa shape index (κ2) is 3.45. The van der Waals surface area contributed by atoms with Gasteiger partial charge in [0.1, 0.15) is 0 Å². The maximum atomic E-state index is 10.2. The Morgan fingerprint density at radius 1 is 1.78 bits per heavy atom. The highest BCUT2D eigenvalue weighted by molar-refractivity contribution is 5.71. The highest BCUT2D eigenvalue weighted by atomic mass is 16.4. The van der Waals surface area contributed by atoms with Gasteiger partial charge in [-0.1, -0.05) is 13.8 Å². The molecule has 0 bridgehead atoms. The van der Waals surface area contributed by atoms with Gasteiger partial charge in [0.25, 0.3) is 0 Å². The third-order valence-corrected chi connectivity index (χ3v) is 1.65. The van der Waals surface area contributed by atoms with Crippen molar-refractivity contribution in [2.45, 2.75) is 26.3 Å². The van der Waals surface area contributed by atoms with Crippen LogP contribution in [-0.4, -0.2) is 17.1 Å². The first-order valence-corrected chi connectivity index (χ1v) is 3.15.